The van der Waals surface area contributed by atoms with Crippen molar-refractivity contribution < 1.29 is 4.79 Å². The van der Waals surface area contributed by atoms with E-state index in [0.717, 1.165) is 6.42 Å². The minimum atomic E-state index is 0.180. The fraction of sp³-hybridized carbons (Fsp3) is 0.545. The van der Waals surface area contributed by atoms with Gasteiger partial charge >= 0.3 is 0 Å². The van der Waals surface area contributed by atoms with Gasteiger partial charge in [-0.3, -0.25) is 4.79 Å². The topological polar surface area (TPSA) is 17.1 Å². The van der Waals surface area contributed by atoms with E-state index in [0.29, 0.717) is 12.2 Å². The highest BCUT2D eigenvalue weighted by Crippen LogP contribution is 2.16. The molecule has 72 valence electrons. The van der Waals surface area contributed by atoms with Gasteiger partial charge in [0.15, 0.2) is 0 Å². The molecule has 0 aliphatic rings. The normalized spacial score (nSPS) is 10.8. The average molecular weight is 196 g/mol. The maximum atomic E-state index is 11.4. The molecule has 0 aromatic carbocycles. The molecular formula is C11H16OS. The predicted octanol–water partition coefficient (Wildman–Crippen LogP) is 3.21. The smallest absolute Gasteiger partial charge is 0.135 e. The molecular weight excluding hydrogens is 180 g/mol. The van der Waals surface area contributed by atoms with Crippen LogP contribution in [-0.4, -0.2) is 5.78 Å². The molecule has 0 saturated heterocycles. The number of carbonyl (C=O) groups is 1. The van der Waals surface area contributed by atoms with Gasteiger partial charge in [0.05, 0.1) is 0 Å². The summed E-state index contributed by atoms with van der Waals surface area (Å²) in [7, 11) is 0. The van der Waals surface area contributed by atoms with E-state index >= 15 is 0 Å². The molecule has 0 N–H and O–H groups in total. The lowest BCUT2D eigenvalue weighted by atomic mass is 10.0. The molecule has 1 rings (SSSR count). The van der Waals surface area contributed by atoms with Crippen LogP contribution in [0, 0.1) is 12.8 Å². The number of hydrogen-bond donors (Lipinski definition) is 0. The quantitative estimate of drug-likeness (QED) is 0.722. The van der Waals surface area contributed by atoms with Crippen molar-refractivity contribution in [1.29, 1.82) is 0 Å². The Hall–Kier alpha value is -0.630. The molecule has 0 spiro atoms. The summed E-state index contributed by atoms with van der Waals surface area (Å²) in [5.41, 5.74) is 2.65. The summed E-state index contributed by atoms with van der Waals surface area (Å²) in [6, 6.07) is 0. The monoisotopic (exact) mass is 196 g/mol. The molecule has 0 aliphatic carbocycles. The molecule has 0 unspecified atom stereocenters. The van der Waals surface area contributed by atoms with Crippen LogP contribution in [0.1, 0.15) is 31.4 Å². The van der Waals surface area contributed by atoms with Crippen LogP contribution in [0.4, 0.5) is 0 Å². The van der Waals surface area contributed by atoms with E-state index < -0.39 is 0 Å². The Morgan fingerprint density at radius 1 is 1.46 bits per heavy atom. The van der Waals surface area contributed by atoms with Gasteiger partial charge in [-0.1, -0.05) is 13.8 Å². The molecule has 0 radical (unpaired) electrons. The first-order chi connectivity index (χ1) is 6.11. The van der Waals surface area contributed by atoms with Crippen molar-refractivity contribution in [3.63, 3.8) is 0 Å². The molecule has 0 aliphatic heterocycles. The highest BCUT2D eigenvalue weighted by molar-refractivity contribution is 7.08. The Balaban J connectivity index is 2.44. The van der Waals surface area contributed by atoms with Crippen molar-refractivity contribution in [2.24, 2.45) is 5.92 Å². The van der Waals surface area contributed by atoms with Gasteiger partial charge in [0.25, 0.3) is 0 Å². The Morgan fingerprint density at radius 2 is 2.15 bits per heavy atom. The van der Waals surface area contributed by atoms with Gasteiger partial charge in [0.2, 0.25) is 0 Å². The minimum Gasteiger partial charge on any atom is -0.299 e. The van der Waals surface area contributed by atoms with Gasteiger partial charge in [-0.05, 0) is 35.2 Å². The van der Waals surface area contributed by atoms with E-state index in [9.17, 15) is 4.79 Å². The molecule has 0 amide bonds. The summed E-state index contributed by atoms with van der Waals surface area (Å²) in [6.07, 6.45) is 1.60. The van der Waals surface area contributed by atoms with Gasteiger partial charge in [-0.2, -0.15) is 11.3 Å². The molecule has 0 fully saturated rings. The summed E-state index contributed by atoms with van der Waals surface area (Å²) in [5.74, 6) is 0.546. The van der Waals surface area contributed by atoms with Gasteiger partial charge < -0.3 is 0 Å². The van der Waals surface area contributed by atoms with Crippen LogP contribution in [0.5, 0.6) is 0 Å². The zero-order chi connectivity index (χ0) is 9.84. The van der Waals surface area contributed by atoms with Crippen LogP contribution in [0.2, 0.25) is 0 Å². The maximum absolute atomic E-state index is 11.4. The molecule has 0 bridgehead atoms. The third-order valence-electron chi connectivity index (χ3n) is 2.25. The van der Waals surface area contributed by atoms with E-state index in [1.54, 1.807) is 11.3 Å². The van der Waals surface area contributed by atoms with Crippen molar-refractivity contribution >= 4 is 17.1 Å². The highest BCUT2D eigenvalue weighted by atomic mass is 32.1. The molecule has 2 heteroatoms. The number of ketones is 1. The number of aryl methyl sites for hydroxylation is 2. The first-order valence-electron chi connectivity index (χ1n) is 4.65. The van der Waals surface area contributed by atoms with Crippen LogP contribution in [0.3, 0.4) is 0 Å². The van der Waals surface area contributed by atoms with Crippen molar-refractivity contribution in [3.8, 4) is 0 Å². The maximum Gasteiger partial charge on any atom is 0.135 e. The van der Waals surface area contributed by atoms with Crippen LogP contribution >= 0.6 is 11.3 Å². The van der Waals surface area contributed by atoms with E-state index in [4.69, 9.17) is 0 Å². The van der Waals surface area contributed by atoms with Crippen molar-refractivity contribution in [2.75, 3.05) is 0 Å². The standard InChI is InChI=1S/C11H16OS/c1-8(2)11(12)5-4-10-7-13-6-9(10)3/h6-8H,4-5H2,1-3H3. The average Bonchev–Trinajstić information content (AvgIpc) is 2.47. The Morgan fingerprint density at radius 3 is 2.62 bits per heavy atom. The predicted molar refractivity (Wildman–Crippen MR) is 57.2 cm³/mol. The minimum absolute atomic E-state index is 0.180. The van der Waals surface area contributed by atoms with E-state index in [2.05, 4.69) is 17.7 Å². The zero-order valence-electron chi connectivity index (χ0n) is 8.46. The SMILES string of the molecule is Cc1cscc1CCC(=O)C(C)C. The number of carbonyl (C=O) groups excluding carboxylic acids is 1. The van der Waals surface area contributed by atoms with Crippen LogP contribution in [0.15, 0.2) is 10.8 Å². The number of Topliss-reactive ketones (excluding diaryl/α,β-unsaturated/α-hetero) is 1. The second-order valence-corrected chi connectivity index (χ2v) is 4.44. The third-order valence-corrected chi connectivity index (χ3v) is 3.16. The number of thiophene rings is 1. The van der Waals surface area contributed by atoms with Crippen molar-refractivity contribution in [2.45, 2.75) is 33.6 Å². The van der Waals surface area contributed by atoms with Gasteiger partial charge in [-0.25, -0.2) is 0 Å². The fourth-order valence-electron chi connectivity index (χ4n) is 1.19. The molecule has 1 heterocycles. The molecule has 13 heavy (non-hydrogen) atoms. The van der Waals surface area contributed by atoms with E-state index in [1.807, 2.05) is 13.8 Å². The Labute approximate surface area is 83.8 Å². The van der Waals surface area contributed by atoms with Crippen molar-refractivity contribution in [1.82, 2.24) is 0 Å². The fourth-order valence-corrected chi connectivity index (χ4v) is 2.08. The summed E-state index contributed by atoms with van der Waals surface area (Å²) >= 11 is 1.71. The first-order valence-corrected chi connectivity index (χ1v) is 5.60. The summed E-state index contributed by atoms with van der Waals surface area (Å²) < 4.78 is 0. The van der Waals surface area contributed by atoms with Gasteiger partial charge in [0.1, 0.15) is 5.78 Å². The van der Waals surface area contributed by atoms with Gasteiger partial charge in [-0.15, -0.1) is 0 Å². The molecule has 1 nitrogen and oxygen atoms in total. The lowest BCUT2D eigenvalue weighted by Crippen LogP contribution is -2.07. The highest BCUT2D eigenvalue weighted by Gasteiger charge is 2.08. The molecule has 1 aromatic heterocycles. The molecule has 0 saturated carbocycles. The van der Waals surface area contributed by atoms with Crippen LogP contribution in [0.25, 0.3) is 0 Å². The summed E-state index contributed by atoms with van der Waals surface area (Å²) in [6.45, 7) is 6.03. The van der Waals surface area contributed by atoms with Crippen molar-refractivity contribution in [3.05, 3.63) is 21.9 Å². The zero-order valence-corrected chi connectivity index (χ0v) is 9.28. The second kappa shape index (κ2) is 4.56. The summed E-state index contributed by atoms with van der Waals surface area (Å²) in [5, 5.41) is 4.28. The number of rotatable bonds is 4. The van der Waals surface area contributed by atoms with E-state index in [-0.39, 0.29) is 5.92 Å². The van der Waals surface area contributed by atoms with Gasteiger partial charge in [0, 0.05) is 12.3 Å². The second-order valence-electron chi connectivity index (χ2n) is 3.70. The molecule has 0 atom stereocenters. The molecule has 1 aromatic rings. The first kappa shape index (κ1) is 10.5. The van der Waals surface area contributed by atoms with E-state index in [1.165, 1.54) is 11.1 Å². The Kier molecular flexibility index (Phi) is 3.67. The van der Waals surface area contributed by atoms with Crippen LogP contribution < -0.4 is 0 Å². The third kappa shape index (κ3) is 2.96. The summed E-state index contributed by atoms with van der Waals surface area (Å²) in [4.78, 5) is 11.4. The van der Waals surface area contributed by atoms with Crippen LogP contribution in [-0.2, 0) is 11.2 Å². The number of hydrogen-bond acceptors (Lipinski definition) is 2. The largest absolute Gasteiger partial charge is 0.299 e. The Bertz CT molecular complexity index is 286. The lowest BCUT2D eigenvalue weighted by molar-refractivity contribution is -0.121. The lowest BCUT2D eigenvalue weighted by Gasteiger charge is -2.03.